The monoisotopic (exact) mass is 278 g/mol. The summed E-state index contributed by atoms with van der Waals surface area (Å²) in [5.74, 6) is 1.05. The van der Waals surface area contributed by atoms with Gasteiger partial charge in [0.1, 0.15) is 11.7 Å². The molecule has 21 heavy (non-hydrogen) atoms. The van der Waals surface area contributed by atoms with Crippen LogP contribution in [0.4, 0.5) is 5.69 Å². The van der Waals surface area contributed by atoms with E-state index in [-0.39, 0.29) is 6.17 Å². The largest absolute Gasteiger partial charge is 0.385 e. The van der Waals surface area contributed by atoms with Crippen molar-refractivity contribution in [2.75, 3.05) is 4.90 Å². The number of amidine groups is 1. The number of nitrogens with two attached hydrogens (primary N) is 2. The molecule has 3 rings (SSSR count). The Balaban J connectivity index is 2.12. The predicted molar refractivity (Wildman–Crippen MR) is 86.7 cm³/mol. The molecule has 1 aliphatic heterocycles. The van der Waals surface area contributed by atoms with E-state index >= 15 is 0 Å². The van der Waals surface area contributed by atoms with Crippen molar-refractivity contribution in [2.24, 2.45) is 16.5 Å². The second-order valence-corrected chi connectivity index (χ2v) is 5.06. The van der Waals surface area contributed by atoms with Gasteiger partial charge in [0, 0.05) is 11.8 Å². The summed E-state index contributed by atoms with van der Waals surface area (Å²) in [6.07, 6.45) is 1.46. The van der Waals surface area contributed by atoms with Gasteiger partial charge in [-0.15, -0.1) is 0 Å². The number of anilines is 1. The van der Waals surface area contributed by atoms with E-state index < -0.39 is 0 Å². The van der Waals surface area contributed by atoms with Crippen molar-refractivity contribution in [3.63, 3.8) is 0 Å². The van der Waals surface area contributed by atoms with Crippen LogP contribution in [-0.4, -0.2) is 5.84 Å². The van der Waals surface area contributed by atoms with E-state index in [1.165, 1.54) is 0 Å². The van der Waals surface area contributed by atoms with Gasteiger partial charge < -0.3 is 16.4 Å². The van der Waals surface area contributed by atoms with Crippen LogP contribution in [0.15, 0.2) is 71.5 Å². The van der Waals surface area contributed by atoms with Crippen molar-refractivity contribution in [3.05, 3.63) is 77.6 Å². The number of nitrogens with zero attached hydrogens (tertiary/aromatic N) is 2. The molecule has 1 heterocycles. The lowest BCUT2D eigenvalue weighted by atomic mass is 10.1. The molecular weight excluding hydrogens is 260 g/mol. The molecule has 0 amide bonds. The van der Waals surface area contributed by atoms with Crippen LogP contribution in [0.5, 0.6) is 0 Å². The van der Waals surface area contributed by atoms with Gasteiger partial charge in [-0.1, -0.05) is 48.5 Å². The van der Waals surface area contributed by atoms with Crippen LogP contribution < -0.4 is 16.4 Å². The minimum Gasteiger partial charge on any atom is -0.385 e. The molecule has 0 aromatic heterocycles. The average Bonchev–Trinajstić information content (AvgIpc) is 2.49. The number of rotatable bonds is 2. The van der Waals surface area contributed by atoms with E-state index in [9.17, 15) is 0 Å². The zero-order chi connectivity index (χ0) is 14.8. The van der Waals surface area contributed by atoms with Gasteiger partial charge >= 0.3 is 0 Å². The van der Waals surface area contributed by atoms with Gasteiger partial charge in [-0.25, -0.2) is 4.99 Å². The zero-order valence-electron chi connectivity index (χ0n) is 11.9. The molecule has 0 spiro atoms. The molecule has 0 saturated carbocycles. The van der Waals surface area contributed by atoms with Crippen LogP contribution >= 0.6 is 0 Å². The van der Waals surface area contributed by atoms with E-state index in [0.717, 1.165) is 16.8 Å². The fraction of sp³-hybridized carbons (Fsp3) is 0.118. The van der Waals surface area contributed by atoms with Crippen LogP contribution in [0.1, 0.15) is 17.3 Å². The Labute approximate surface area is 124 Å². The quantitative estimate of drug-likeness (QED) is 0.887. The molecule has 0 aliphatic carbocycles. The van der Waals surface area contributed by atoms with Crippen LogP contribution in [0.3, 0.4) is 0 Å². The maximum absolute atomic E-state index is 6.22. The highest BCUT2D eigenvalue weighted by atomic mass is 15.3. The van der Waals surface area contributed by atoms with Crippen molar-refractivity contribution < 1.29 is 0 Å². The van der Waals surface area contributed by atoms with Crippen LogP contribution in [0, 0.1) is 6.92 Å². The van der Waals surface area contributed by atoms with Gasteiger partial charge in [0.25, 0.3) is 0 Å². The van der Waals surface area contributed by atoms with Crippen LogP contribution in [-0.2, 0) is 0 Å². The first kappa shape index (κ1) is 13.2. The number of hydrogen-bond acceptors (Lipinski definition) is 4. The topological polar surface area (TPSA) is 67.6 Å². The molecule has 0 saturated heterocycles. The van der Waals surface area contributed by atoms with Gasteiger partial charge in [0.15, 0.2) is 6.17 Å². The number of para-hydroxylation sites is 1. The molecule has 0 unspecified atom stereocenters. The first-order valence-corrected chi connectivity index (χ1v) is 6.87. The van der Waals surface area contributed by atoms with E-state index in [2.05, 4.69) is 18.0 Å². The molecular formula is C17H18N4. The van der Waals surface area contributed by atoms with Crippen molar-refractivity contribution in [1.29, 1.82) is 0 Å². The SMILES string of the molecule is Cc1ccccc1N1C(N)=CC(N)=N[C@@H]1c1ccccc1. The van der Waals surface area contributed by atoms with Crippen molar-refractivity contribution in [1.82, 2.24) is 0 Å². The summed E-state index contributed by atoms with van der Waals surface area (Å²) in [6.45, 7) is 2.06. The fourth-order valence-electron chi connectivity index (χ4n) is 2.55. The molecule has 1 aliphatic rings. The molecule has 4 heteroatoms. The summed E-state index contributed by atoms with van der Waals surface area (Å²) < 4.78 is 0. The van der Waals surface area contributed by atoms with E-state index in [1.807, 2.05) is 53.4 Å². The standard InChI is InChI=1S/C17H18N4/c1-12-7-5-6-10-14(12)21-16(19)11-15(18)20-17(21)13-8-3-2-4-9-13/h2-11,17H,19H2,1H3,(H2,18,20)/t17-/m0/s1. The number of benzene rings is 2. The molecule has 0 bridgehead atoms. The Hall–Kier alpha value is -2.75. The number of aryl methyl sites for hydroxylation is 1. The Morgan fingerprint density at radius 2 is 1.62 bits per heavy atom. The second-order valence-electron chi connectivity index (χ2n) is 5.06. The number of aliphatic imine (C=N–C) groups is 1. The summed E-state index contributed by atoms with van der Waals surface area (Å²) in [7, 11) is 0. The molecule has 106 valence electrons. The minimum atomic E-state index is -0.239. The van der Waals surface area contributed by atoms with E-state index in [0.29, 0.717) is 11.7 Å². The third-order valence-corrected chi connectivity index (χ3v) is 3.56. The van der Waals surface area contributed by atoms with Gasteiger partial charge in [-0.2, -0.15) is 0 Å². The predicted octanol–water partition coefficient (Wildman–Crippen LogP) is 2.67. The van der Waals surface area contributed by atoms with Gasteiger partial charge in [0.2, 0.25) is 0 Å². The maximum Gasteiger partial charge on any atom is 0.154 e. The van der Waals surface area contributed by atoms with Crippen molar-refractivity contribution >= 4 is 11.5 Å². The second kappa shape index (κ2) is 5.32. The highest BCUT2D eigenvalue weighted by Crippen LogP contribution is 2.34. The zero-order valence-corrected chi connectivity index (χ0v) is 11.9. The Morgan fingerprint density at radius 1 is 0.952 bits per heavy atom. The molecule has 0 fully saturated rings. The first-order chi connectivity index (χ1) is 10.2. The highest BCUT2D eigenvalue weighted by Gasteiger charge is 2.26. The van der Waals surface area contributed by atoms with Crippen LogP contribution in [0.25, 0.3) is 0 Å². The summed E-state index contributed by atoms with van der Waals surface area (Å²) in [6, 6.07) is 18.1. The third kappa shape index (κ3) is 2.48. The molecule has 2 aromatic rings. The third-order valence-electron chi connectivity index (χ3n) is 3.56. The normalized spacial score (nSPS) is 18.1. The van der Waals surface area contributed by atoms with Gasteiger partial charge in [-0.05, 0) is 24.1 Å². The number of hydrogen-bond donors (Lipinski definition) is 2. The summed E-state index contributed by atoms with van der Waals surface area (Å²) >= 11 is 0. The Kier molecular flexibility index (Phi) is 3.36. The van der Waals surface area contributed by atoms with Gasteiger partial charge in [0.05, 0.1) is 0 Å². The van der Waals surface area contributed by atoms with Crippen molar-refractivity contribution in [2.45, 2.75) is 13.1 Å². The molecule has 2 aromatic carbocycles. The highest BCUT2D eigenvalue weighted by molar-refractivity contribution is 5.94. The fourth-order valence-corrected chi connectivity index (χ4v) is 2.55. The molecule has 1 atom stereocenters. The maximum atomic E-state index is 6.22. The average molecular weight is 278 g/mol. The Bertz CT molecular complexity index is 704. The lowest BCUT2D eigenvalue weighted by Gasteiger charge is -2.35. The van der Waals surface area contributed by atoms with E-state index in [1.54, 1.807) is 6.08 Å². The summed E-state index contributed by atoms with van der Waals surface area (Å²) in [4.78, 5) is 6.58. The molecule has 4 N–H and O–H groups in total. The first-order valence-electron chi connectivity index (χ1n) is 6.87. The van der Waals surface area contributed by atoms with Crippen molar-refractivity contribution in [3.8, 4) is 0 Å². The summed E-state index contributed by atoms with van der Waals surface area (Å²) in [5.41, 5.74) is 15.4. The van der Waals surface area contributed by atoms with Gasteiger partial charge in [-0.3, -0.25) is 0 Å². The summed E-state index contributed by atoms with van der Waals surface area (Å²) in [5, 5.41) is 0. The van der Waals surface area contributed by atoms with Crippen LogP contribution in [0.2, 0.25) is 0 Å². The molecule has 0 radical (unpaired) electrons. The van der Waals surface area contributed by atoms with E-state index in [4.69, 9.17) is 11.5 Å². The smallest absolute Gasteiger partial charge is 0.154 e. The Morgan fingerprint density at radius 3 is 2.33 bits per heavy atom. The minimum absolute atomic E-state index is 0.239. The lowest BCUT2D eigenvalue weighted by molar-refractivity contribution is 0.691. The lowest BCUT2D eigenvalue weighted by Crippen LogP contribution is -2.37. The molecule has 4 nitrogen and oxygen atoms in total.